The summed E-state index contributed by atoms with van der Waals surface area (Å²) in [6.07, 6.45) is 6.35. The molecule has 20 heavy (non-hydrogen) atoms. The van der Waals surface area contributed by atoms with E-state index >= 15 is 0 Å². The number of rotatable bonds is 6. The standard InChI is InChI=1S/C17H27NO2/c1-14(12-15-8-4-5-9-16(15)20-2)18-13-17(19)10-6-3-7-11-17/h4-5,8-9,14,18-19H,3,6-7,10-13H2,1-2H3. The lowest BCUT2D eigenvalue weighted by Crippen LogP contribution is -2.45. The van der Waals surface area contributed by atoms with Crippen LogP contribution >= 0.6 is 0 Å². The van der Waals surface area contributed by atoms with Crippen molar-refractivity contribution >= 4 is 0 Å². The Kier molecular flexibility index (Phi) is 5.44. The zero-order valence-electron chi connectivity index (χ0n) is 12.7. The van der Waals surface area contributed by atoms with Crippen molar-refractivity contribution in [3.63, 3.8) is 0 Å². The quantitative estimate of drug-likeness (QED) is 0.840. The Balaban J connectivity index is 1.84. The van der Waals surface area contributed by atoms with Gasteiger partial charge >= 0.3 is 0 Å². The summed E-state index contributed by atoms with van der Waals surface area (Å²) < 4.78 is 5.38. The predicted molar refractivity (Wildman–Crippen MR) is 82.2 cm³/mol. The molecule has 1 fully saturated rings. The normalized spacial score (nSPS) is 19.6. The summed E-state index contributed by atoms with van der Waals surface area (Å²) >= 11 is 0. The van der Waals surface area contributed by atoms with E-state index in [2.05, 4.69) is 18.3 Å². The van der Waals surface area contributed by atoms with Crippen molar-refractivity contribution in [3.05, 3.63) is 29.8 Å². The number of ether oxygens (including phenoxy) is 1. The van der Waals surface area contributed by atoms with Gasteiger partial charge in [0.1, 0.15) is 5.75 Å². The first-order chi connectivity index (χ1) is 9.63. The average molecular weight is 277 g/mol. The summed E-state index contributed by atoms with van der Waals surface area (Å²) in [6.45, 7) is 2.86. The SMILES string of the molecule is COc1ccccc1CC(C)NCC1(O)CCCCC1. The van der Waals surface area contributed by atoms with E-state index < -0.39 is 5.60 Å². The first-order valence-corrected chi connectivity index (χ1v) is 7.71. The van der Waals surface area contributed by atoms with E-state index in [1.807, 2.05) is 18.2 Å². The minimum Gasteiger partial charge on any atom is -0.496 e. The molecule has 0 aromatic heterocycles. The molecular formula is C17H27NO2. The Morgan fingerprint density at radius 2 is 1.95 bits per heavy atom. The van der Waals surface area contributed by atoms with E-state index in [1.165, 1.54) is 12.0 Å². The van der Waals surface area contributed by atoms with Gasteiger partial charge in [0.2, 0.25) is 0 Å². The van der Waals surface area contributed by atoms with Gasteiger partial charge in [-0.15, -0.1) is 0 Å². The van der Waals surface area contributed by atoms with Crippen LogP contribution in [0.5, 0.6) is 5.75 Å². The van der Waals surface area contributed by atoms with Gasteiger partial charge in [-0.1, -0.05) is 37.5 Å². The van der Waals surface area contributed by atoms with Crippen LogP contribution in [0.2, 0.25) is 0 Å². The van der Waals surface area contributed by atoms with Gasteiger partial charge in [0.25, 0.3) is 0 Å². The van der Waals surface area contributed by atoms with Crippen LogP contribution in [0.3, 0.4) is 0 Å². The summed E-state index contributed by atoms with van der Waals surface area (Å²) in [5, 5.41) is 14.0. The summed E-state index contributed by atoms with van der Waals surface area (Å²) in [4.78, 5) is 0. The molecule has 0 radical (unpaired) electrons. The third-order valence-corrected chi connectivity index (χ3v) is 4.28. The van der Waals surface area contributed by atoms with Crippen LogP contribution in [0, 0.1) is 0 Å². The summed E-state index contributed by atoms with van der Waals surface area (Å²) in [6, 6.07) is 8.46. The molecule has 0 bridgehead atoms. The van der Waals surface area contributed by atoms with Crippen LogP contribution < -0.4 is 10.1 Å². The Labute approximate surface area is 122 Å². The van der Waals surface area contributed by atoms with Gasteiger partial charge in [-0.05, 0) is 37.8 Å². The monoisotopic (exact) mass is 277 g/mol. The van der Waals surface area contributed by atoms with E-state index in [1.54, 1.807) is 7.11 Å². The molecule has 1 aromatic carbocycles. The minimum absolute atomic E-state index is 0.331. The maximum absolute atomic E-state index is 10.5. The number of methoxy groups -OCH3 is 1. The molecule has 1 aromatic rings. The largest absolute Gasteiger partial charge is 0.496 e. The highest BCUT2D eigenvalue weighted by atomic mass is 16.5. The Morgan fingerprint density at radius 1 is 1.25 bits per heavy atom. The predicted octanol–water partition coefficient (Wildman–Crippen LogP) is 2.91. The van der Waals surface area contributed by atoms with Gasteiger partial charge in [-0.3, -0.25) is 0 Å². The van der Waals surface area contributed by atoms with Crippen molar-refractivity contribution < 1.29 is 9.84 Å². The first kappa shape index (κ1) is 15.3. The lowest BCUT2D eigenvalue weighted by molar-refractivity contribution is 0.00305. The van der Waals surface area contributed by atoms with Crippen molar-refractivity contribution in [2.45, 2.75) is 57.1 Å². The number of hydrogen-bond donors (Lipinski definition) is 2. The van der Waals surface area contributed by atoms with Crippen molar-refractivity contribution in [1.82, 2.24) is 5.32 Å². The van der Waals surface area contributed by atoms with Crippen LogP contribution in [0.15, 0.2) is 24.3 Å². The van der Waals surface area contributed by atoms with Gasteiger partial charge in [-0.2, -0.15) is 0 Å². The smallest absolute Gasteiger partial charge is 0.122 e. The molecule has 1 saturated carbocycles. The fourth-order valence-electron chi connectivity index (χ4n) is 3.02. The molecule has 0 aliphatic heterocycles. The number of nitrogens with one attached hydrogen (secondary N) is 1. The molecular weight excluding hydrogens is 250 g/mol. The van der Waals surface area contributed by atoms with Crippen LogP contribution in [0.1, 0.15) is 44.6 Å². The molecule has 1 aliphatic carbocycles. The maximum Gasteiger partial charge on any atom is 0.122 e. The summed E-state index contributed by atoms with van der Waals surface area (Å²) in [5.41, 5.74) is 0.721. The zero-order chi connectivity index (χ0) is 14.4. The highest BCUT2D eigenvalue weighted by Crippen LogP contribution is 2.27. The van der Waals surface area contributed by atoms with E-state index in [9.17, 15) is 5.11 Å². The van der Waals surface area contributed by atoms with E-state index in [-0.39, 0.29) is 0 Å². The molecule has 0 heterocycles. The molecule has 3 heteroatoms. The van der Waals surface area contributed by atoms with E-state index in [0.29, 0.717) is 12.6 Å². The molecule has 1 unspecified atom stereocenters. The Hall–Kier alpha value is -1.06. The zero-order valence-corrected chi connectivity index (χ0v) is 12.7. The van der Waals surface area contributed by atoms with Gasteiger partial charge in [0.15, 0.2) is 0 Å². The number of hydrogen-bond acceptors (Lipinski definition) is 3. The van der Waals surface area contributed by atoms with Crippen molar-refractivity contribution in [2.24, 2.45) is 0 Å². The van der Waals surface area contributed by atoms with Crippen LogP contribution in [0.4, 0.5) is 0 Å². The number of aliphatic hydroxyl groups is 1. The van der Waals surface area contributed by atoms with Crippen LogP contribution in [-0.4, -0.2) is 30.4 Å². The average Bonchev–Trinajstić information content (AvgIpc) is 2.47. The van der Waals surface area contributed by atoms with Gasteiger partial charge < -0.3 is 15.2 Å². The summed E-state index contributed by atoms with van der Waals surface area (Å²) in [5.74, 6) is 0.942. The Morgan fingerprint density at radius 3 is 2.65 bits per heavy atom. The van der Waals surface area contributed by atoms with Crippen molar-refractivity contribution in [2.75, 3.05) is 13.7 Å². The molecule has 0 amide bonds. The van der Waals surface area contributed by atoms with Crippen molar-refractivity contribution in [1.29, 1.82) is 0 Å². The maximum atomic E-state index is 10.5. The highest BCUT2D eigenvalue weighted by molar-refractivity contribution is 5.33. The molecule has 0 saturated heterocycles. The highest BCUT2D eigenvalue weighted by Gasteiger charge is 2.29. The van der Waals surface area contributed by atoms with E-state index in [0.717, 1.165) is 37.9 Å². The topological polar surface area (TPSA) is 41.5 Å². The van der Waals surface area contributed by atoms with Crippen LogP contribution in [0.25, 0.3) is 0 Å². The molecule has 2 rings (SSSR count). The van der Waals surface area contributed by atoms with Gasteiger partial charge in [0, 0.05) is 12.6 Å². The van der Waals surface area contributed by atoms with Gasteiger partial charge in [0.05, 0.1) is 12.7 Å². The molecule has 3 nitrogen and oxygen atoms in total. The number of benzene rings is 1. The third-order valence-electron chi connectivity index (χ3n) is 4.28. The fourth-order valence-corrected chi connectivity index (χ4v) is 3.02. The molecule has 0 spiro atoms. The second-order valence-electron chi connectivity index (χ2n) is 6.08. The van der Waals surface area contributed by atoms with Crippen LogP contribution in [-0.2, 0) is 6.42 Å². The minimum atomic E-state index is -0.493. The van der Waals surface area contributed by atoms with E-state index in [4.69, 9.17) is 4.74 Å². The molecule has 1 aliphatic rings. The molecule has 112 valence electrons. The first-order valence-electron chi connectivity index (χ1n) is 7.71. The molecule has 1 atom stereocenters. The lowest BCUT2D eigenvalue weighted by Gasteiger charge is -2.33. The molecule has 2 N–H and O–H groups in total. The van der Waals surface area contributed by atoms with Gasteiger partial charge in [-0.25, -0.2) is 0 Å². The lowest BCUT2D eigenvalue weighted by atomic mass is 9.84. The Bertz CT molecular complexity index is 413. The fraction of sp³-hybridized carbons (Fsp3) is 0.647. The second kappa shape index (κ2) is 7.09. The van der Waals surface area contributed by atoms with Crippen molar-refractivity contribution in [3.8, 4) is 5.75 Å². The summed E-state index contributed by atoms with van der Waals surface area (Å²) in [7, 11) is 1.71. The number of para-hydroxylation sites is 1. The second-order valence-corrected chi connectivity index (χ2v) is 6.08. The third kappa shape index (κ3) is 4.22.